The molecule has 4 atom stereocenters. The van der Waals surface area contributed by atoms with Gasteiger partial charge in [0.15, 0.2) is 17.2 Å². The van der Waals surface area contributed by atoms with Crippen LogP contribution in [0.25, 0.3) is 11.0 Å². The van der Waals surface area contributed by atoms with Crippen molar-refractivity contribution < 1.29 is 31.4 Å². The quantitative estimate of drug-likeness (QED) is 0.594. The summed E-state index contributed by atoms with van der Waals surface area (Å²) < 4.78 is 80.6. The lowest BCUT2D eigenvalue weighted by Gasteiger charge is -2.32. The lowest BCUT2D eigenvalue weighted by molar-refractivity contribution is -0.275. The topological polar surface area (TPSA) is 60.0 Å². The van der Waals surface area contributed by atoms with Gasteiger partial charge in [-0.3, -0.25) is 4.98 Å². The Bertz CT molecular complexity index is 1070. The summed E-state index contributed by atoms with van der Waals surface area (Å²) in [6.07, 6.45) is -2.93. The van der Waals surface area contributed by atoms with Gasteiger partial charge in [0.25, 0.3) is 0 Å². The van der Waals surface area contributed by atoms with E-state index in [4.69, 9.17) is 9.47 Å². The Balaban J connectivity index is 1.91. The number of rotatable bonds is 3. The molecule has 1 N–H and O–H groups in total. The number of benzene rings is 1. The molecule has 1 fully saturated rings. The Kier molecular flexibility index (Phi) is 4.72. The van der Waals surface area contributed by atoms with E-state index in [9.17, 15) is 22.0 Å². The third kappa shape index (κ3) is 2.92. The summed E-state index contributed by atoms with van der Waals surface area (Å²) in [5, 5.41) is 0. The molecule has 160 valence electrons. The molecule has 3 heterocycles. The van der Waals surface area contributed by atoms with Crippen LogP contribution in [0.3, 0.4) is 0 Å². The van der Waals surface area contributed by atoms with Crippen molar-refractivity contribution in [3.05, 3.63) is 53.6 Å². The van der Waals surface area contributed by atoms with Gasteiger partial charge in [0.2, 0.25) is 5.82 Å². The zero-order valence-corrected chi connectivity index (χ0v) is 16.2. The monoisotopic (exact) mass is 427 g/mol. The molecule has 0 bridgehead atoms. The van der Waals surface area contributed by atoms with Crippen LogP contribution in [0.4, 0.5) is 22.0 Å². The van der Waals surface area contributed by atoms with Gasteiger partial charge in [-0.05, 0) is 19.1 Å². The SMILES string of the molecule is COc1c([C@H]2C(c3nc4ccncc4[nH]3)O[C@@](C)(C(F)(F)F)[C@H]2C)ccc(F)c1F. The summed E-state index contributed by atoms with van der Waals surface area (Å²) in [5.74, 6) is -4.93. The van der Waals surface area contributed by atoms with Crippen molar-refractivity contribution in [2.75, 3.05) is 7.11 Å². The first-order chi connectivity index (χ1) is 14.1. The first-order valence-electron chi connectivity index (χ1n) is 9.14. The van der Waals surface area contributed by atoms with Crippen molar-refractivity contribution in [2.45, 2.75) is 37.6 Å². The number of hydrogen-bond acceptors (Lipinski definition) is 4. The predicted molar refractivity (Wildman–Crippen MR) is 97.0 cm³/mol. The summed E-state index contributed by atoms with van der Waals surface area (Å²) in [6, 6.07) is 3.69. The third-order valence-electron chi connectivity index (χ3n) is 5.88. The fourth-order valence-electron chi connectivity index (χ4n) is 4.06. The minimum absolute atomic E-state index is 0.0699. The van der Waals surface area contributed by atoms with E-state index in [0.717, 1.165) is 20.1 Å². The van der Waals surface area contributed by atoms with Crippen LogP contribution in [0.1, 0.15) is 37.3 Å². The Morgan fingerprint density at radius 2 is 1.93 bits per heavy atom. The highest BCUT2D eigenvalue weighted by atomic mass is 19.4. The van der Waals surface area contributed by atoms with Crippen LogP contribution in [-0.2, 0) is 4.74 Å². The van der Waals surface area contributed by atoms with Gasteiger partial charge in [-0.25, -0.2) is 9.37 Å². The number of pyridine rings is 1. The Hall–Kier alpha value is -2.75. The van der Waals surface area contributed by atoms with Gasteiger partial charge in [0.05, 0.1) is 24.3 Å². The summed E-state index contributed by atoms with van der Waals surface area (Å²) >= 11 is 0. The number of halogens is 5. The minimum atomic E-state index is -4.71. The lowest BCUT2D eigenvalue weighted by Crippen LogP contribution is -2.46. The molecular weight excluding hydrogens is 409 g/mol. The van der Waals surface area contributed by atoms with Crippen LogP contribution in [0.2, 0.25) is 0 Å². The van der Waals surface area contributed by atoms with E-state index < -0.39 is 47.1 Å². The second-order valence-electron chi connectivity index (χ2n) is 7.46. The summed E-state index contributed by atoms with van der Waals surface area (Å²) in [6.45, 7) is 2.31. The molecule has 0 spiro atoms. The number of ether oxygens (including phenoxy) is 2. The fourth-order valence-corrected chi connectivity index (χ4v) is 4.06. The van der Waals surface area contributed by atoms with Gasteiger partial charge in [0, 0.05) is 23.6 Å². The van der Waals surface area contributed by atoms with E-state index in [1.165, 1.54) is 25.4 Å². The molecule has 0 radical (unpaired) electrons. The number of aromatic nitrogens is 3. The minimum Gasteiger partial charge on any atom is -0.493 e. The largest absolute Gasteiger partial charge is 0.493 e. The molecular formula is C20H18F5N3O2. The van der Waals surface area contributed by atoms with Crippen molar-refractivity contribution in [3.8, 4) is 5.75 Å². The predicted octanol–water partition coefficient (Wildman–Crippen LogP) is 5.06. The zero-order chi connectivity index (χ0) is 21.8. The third-order valence-corrected chi connectivity index (χ3v) is 5.88. The molecule has 5 nitrogen and oxygen atoms in total. The lowest BCUT2D eigenvalue weighted by atomic mass is 9.77. The van der Waals surface area contributed by atoms with Crippen LogP contribution in [0.15, 0.2) is 30.6 Å². The van der Waals surface area contributed by atoms with Crippen molar-refractivity contribution in [3.63, 3.8) is 0 Å². The number of fused-ring (bicyclic) bond motifs is 1. The standard InChI is InChI=1S/C20H18F5N3O2/c1-9-14(10-4-5-11(21)15(22)16(10)29-3)17(30-19(9,2)20(23,24)25)18-27-12-6-7-26-8-13(12)28-18/h4-9,14,17H,1-3H3,(H,27,28)/t9-,14-,17?,19+/m0/s1. The fraction of sp³-hybridized carbons (Fsp3) is 0.400. The maximum atomic E-state index is 14.4. The number of alkyl halides is 3. The number of imidazole rings is 1. The van der Waals surface area contributed by atoms with Gasteiger partial charge >= 0.3 is 6.18 Å². The van der Waals surface area contributed by atoms with E-state index in [2.05, 4.69) is 15.0 Å². The van der Waals surface area contributed by atoms with E-state index >= 15 is 0 Å². The van der Waals surface area contributed by atoms with Crippen LogP contribution >= 0.6 is 0 Å². The van der Waals surface area contributed by atoms with E-state index in [1.54, 1.807) is 6.07 Å². The molecule has 1 unspecified atom stereocenters. The highest BCUT2D eigenvalue weighted by molar-refractivity contribution is 5.73. The van der Waals surface area contributed by atoms with Crippen LogP contribution in [-0.4, -0.2) is 33.8 Å². The molecule has 10 heteroatoms. The highest BCUT2D eigenvalue weighted by Gasteiger charge is 2.65. The van der Waals surface area contributed by atoms with Gasteiger partial charge in [0.1, 0.15) is 11.9 Å². The molecule has 0 aliphatic carbocycles. The Morgan fingerprint density at radius 1 is 1.20 bits per heavy atom. The maximum absolute atomic E-state index is 14.4. The molecule has 1 aliphatic rings. The summed E-state index contributed by atoms with van der Waals surface area (Å²) in [4.78, 5) is 11.2. The number of H-pyrrole nitrogens is 1. The molecule has 1 saturated heterocycles. The number of aromatic amines is 1. The number of methoxy groups -OCH3 is 1. The number of hydrogen-bond donors (Lipinski definition) is 1. The molecule has 2 aromatic heterocycles. The van der Waals surface area contributed by atoms with Crippen molar-refractivity contribution in [1.82, 2.24) is 15.0 Å². The number of nitrogens with one attached hydrogen (secondary N) is 1. The number of nitrogens with zero attached hydrogens (tertiary/aromatic N) is 2. The molecule has 1 aliphatic heterocycles. The molecule has 4 rings (SSSR count). The van der Waals surface area contributed by atoms with Gasteiger partial charge in [-0.1, -0.05) is 13.0 Å². The second-order valence-corrected chi connectivity index (χ2v) is 7.46. The van der Waals surface area contributed by atoms with E-state index in [0.29, 0.717) is 11.0 Å². The smallest absolute Gasteiger partial charge is 0.417 e. The van der Waals surface area contributed by atoms with Crippen molar-refractivity contribution in [1.29, 1.82) is 0 Å². The van der Waals surface area contributed by atoms with Gasteiger partial charge in [-0.15, -0.1) is 0 Å². The highest BCUT2D eigenvalue weighted by Crippen LogP contribution is 2.59. The molecule has 30 heavy (non-hydrogen) atoms. The van der Waals surface area contributed by atoms with E-state index in [-0.39, 0.29) is 11.4 Å². The van der Waals surface area contributed by atoms with Crippen molar-refractivity contribution in [2.24, 2.45) is 5.92 Å². The van der Waals surface area contributed by atoms with E-state index in [1.807, 2.05) is 0 Å². The average molecular weight is 427 g/mol. The van der Waals surface area contributed by atoms with Gasteiger partial charge < -0.3 is 14.5 Å². The Morgan fingerprint density at radius 3 is 2.57 bits per heavy atom. The molecule has 1 aromatic carbocycles. The molecule has 3 aromatic rings. The van der Waals surface area contributed by atoms with Crippen LogP contribution in [0, 0.1) is 17.6 Å². The Labute approximate surface area is 168 Å². The first-order valence-corrected chi connectivity index (χ1v) is 9.14. The summed E-state index contributed by atoms with van der Waals surface area (Å²) in [5.41, 5.74) is -1.47. The van der Waals surface area contributed by atoms with Crippen molar-refractivity contribution >= 4 is 11.0 Å². The molecule has 0 saturated carbocycles. The van der Waals surface area contributed by atoms with Crippen LogP contribution in [0.5, 0.6) is 5.75 Å². The first kappa shape index (κ1) is 20.5. The molecule has 0 amide bonds. The maximum Gasteiger partial charge on any atom is 0.417 e. The normalized spacial score (nSPS) is 27.0. The summed E-state index contributed by atoms with van der Waals surface area (Å²) in [7, 11) is 1.13. The average Bonchev–Trinajstić information content (AvgIpc) is 3.23. The van der Waals surface area contributed by atoms with Crippen LogP contribution < -0.4 is 4.74 Å². The zero-order valence-electron chi connectivity index (χ0n) is 16.2. The second kappa shape index (κ2) is 6.90. The van der Waals surface area contributed by atoms with Gasteiger partial charge in [-0.2, -0.15) is 17.6 Å².